The molecule has 0 saturated carbocycles. The lowest BCUT2D eigenvalue weighted by Gasteiger charge is -2.11. The Hall–Kier alpha value is -3.45. The van der Waals surface area contributed by atoms with Gasteiger partial charge in [0.05, 0.1) is 12.7 Å². The van der Waals surface area contributed by atoms with Gasteiger partial charge in [-0.05, 0) is 42.8 Å². The number of aryl methyl sites for hydroxylation is 1. The Balaban J connectivity index is 1.56. The molecule has 0 saturated heterocycles. The maximum Gasteiger partial charge on any atom is 0.256 e. The Morgan fingerprint density at radius 1 is 1.11 bits per heavy atom. The molecule has 0 unspecified atom stereocenters. The quantitative estimate of drug-likeness (QED) is 0.561. The summed E-state index contributed by atoms with van der Waals surface area (Å²) in [5.41, 5.74) is 3.27. The van der Waals surface area contributed by atoms with Crippen molar-refractivity contribution in [3.63, 3.8) is 0 Å². The molecule has 140 valence electrons. The predicted octanol–water partition coefficient (Wildman–Crippen LogP) is 3.73. The van der Waals surface area contributed by atoms with E-state index < -0.39 is 0 Å². The van der Waals surface area contributed by atoms with E-state index in [9.17, 15) is 4.79 Å². The molecule has 2 aromatic heterocycles. The molecular weight excluding hydrogens is 376 g/mol. The lowest BCUT2D eigenvalue weighted by Crippen LogP contribution is -2.17. The van der Waals surface area contributed by atoms with E-state index in [1.807, 2.05) is 43.3 Å². The number of carbonyl (C=O) groups is 1. The van der Waals surface area contributed by atoms with Crippen molar-refractivity contribution in [2.45, 2.75) is 13.5 Å². The van der Waals surface area contributed by atoms with E-state index in [4.69, 9.17) is 11.6 Å². The Bertz CT molecular complexity index is 1100. The van der Waals surface area contributed by atoms with Crippen LogP contribution >= 0.6 is 11.6 Å². The van der Waals surface area contributed by atoms with Gasteiger partial charge in [0.1, 0.15) is 18.5 Å². The van der Waals surface area contributed by atoms with Crippen molar-refractivity contribution in [3.8, 4) is 5.69 Å². The van der Waals surface area contributed by atoms with Gasteiger partial charge in [-0.15, -0.1) is 10.2 Å². The van der Waals surface area contributed by atoms with Crippen molar-refractivity contribution in [3.05, 3.63) is 89.1 Å². The molecule has 4 aromatic rings. The highest BCUT2D eigenvalue weighted by atomic mass is 35.5. The van der Waals surface area contributed by atoms with Crippen molar-refractivity contribution in [1.29, 1.82) is 0 Å². The Morgan fingerprint density at radius 3 is 2.61 bits per heavy atom. The number of aromatic nitrogens is 5. The maximum absolute atomic E-state index is 12.8. The van der Waals surface area contributed by atoms with E-state index in [1.165, 1.54) is 0 Å². The minimum absolute atomic E-state index is 0.212. The van der Waals surface area contributed by atoms with Gasteiger partial charge in [-0.2, -0.15) is 5.10 Å². The SMILES string of the molecule is Cc1cnn(Cc2ccc(Cl)cc2)c1NC(=O)c1cccc(-n2cnnc2)c1. The smallest absolute Gasteiger partial charge is 0.256 e. The zero-order chi connectivity index (χ0) is 19.5. The zero-order valence-electron chi connectivity index (χ0n) is 15.1. The van der Waals surface area contributed by atoms with Crippen LogP contribution in [0.3, 0.4) is 0 Å². The summed E-state index contributed by atoms with van der Waals surface area (Å²) in [5.74, 6) is 0.450. The Kier molecular flexibility index (Phi) is 4.90. The van der Waals surface area contributed by atoms with Crippen LogP contribution in [0.1, 0.15) is 21.5 Å². The third-order valence-corrected chi connectivity index (χ3v) is 4.58. The standard InChI is InChI=1S/C20H17ClN6O/c1-14-10-24-27(11-15-5-7-17(21)8-6-15)19(14)25-20(28)16-3-2-4-18(9-16)26-12-22-23-13-26/h2-10,12-13H,11H2,1H3,(H,25,28). The van der Waals surface area contributed by atoms with E-state index in [2.05, 4.69) is 20.6 Å². The normalized spacial score (nSPS) is 10.8. The van der Waals surface area contributed by atoms with Crippen LogP contribution in [-0.2, 0) is 6.54 Å². The molecule has 0 bridgehead atoms. The molecule has 2 heterocycles. The van der Waals surface area contributed by atoms with Crippen LogP contribution in [0.5, 0.6) is 0 Å². The number of hydrogen-bond donors (Lipinski definition) is 1. The van der Waals surface area contributed by atoms with Gasteiger partial charge in [-0.3, -0.25) is 9.36 Å². The number of anilines is 1. The van der Waals surface area contributed by atoms with E-state index in [0.29, 0.717) is 22.9 Å². The van der Waals surface area contributed by atoms with Gasteiger partial charge in [0.2, 0.25) is 0 Å². The Morgan fingerprint density at radius 2 is 1.86 bits per heavy atom. The van der Waals surface area contributed by atoms with E-state index in [-0.39, 0.29) is 5.91 Å². The van der Waals surface area contributed by atoms with Crippen molar-refractivity contribution < 1.29 is 4.79 Å². The lowest BCUT2D eigenvalue weighted by molar-refractivity contribution is 0.102. The highest BCUT2D eigenvalue weighted by Crippen LogP contribution is 2.19. The number of nitrogens with one attached hydrogen (secondary N) is 1. The molecule has 0 aliphatic carbocycles. The summed E-state index contributed by atoms with van der Waals surface area (Å²) in [4.78, 5) is 12.8. The summed E-state index contributed by atoms with van der Waals surface area (Å²) in [6.07, 6.45) is 4.91. The third-order valence-electron chi connectivity index (χ3n) is 4.33. The van der Waals surface area contributed by atoms with Crippen LogP contribution in [0, 0.1) is 6.92 Å². The van der Waals surface area contributed by atoms with Crippen molar-refractivity contribution in [2.75, 3.05) is 5.32 Å². The van der Waals surface area contributed by atoms with E-state index in [0.717, 1.165) is 16.8 Å². The van der Waals surface area contributed by atoms with Crippen molar-refractivity contribution in [2.24, 2.45) is 0 Å². The molecule has 1 N–H and O–H groups in total. The molecule has 0 fully saturated rings. The van der Waals surface area contributed by atoms with Crippen LogP contribution < -0.4 is 5.32 Å². The van der Waals surface area contributed by atoms with Crippen LogP contribution in [0.2, 0.25) is 5.02 Å². The van der Waals surface area contributed by atoms with Crippen LogP contribution in [-0.4, -0.2) is 30.5 Å². The van der Waals surface area contributed by atoms with Crippen LogP contribution in [0.4, 0.5) is 5.82 Å². The molecular formula is C20H17ClN6O. The second-order valence-corrected chi connectivity index (χ2v) is 6.77. The monoisotopic (exact) mass is 392 g/mol. The number of nitrogens with zero attached hydrogens (tertiary/aromatic N) is 5. The van der Waals surface area contributed by atoms with Crippen molar-refractivity contribution >= 4 is 23.3 Å². The summed E-state index contributed by atoms with van der Waals surface area (Å²) in [6, 6.07) is 14.8. The third kappa shape index (κ3) is 3.79. The average molecular weight is 393 g/mol. The van der Waals surface area contributed by atoms with Gasteiger partial charge in [0.15, 0.2) is 0 Å². The van der Waals surface area contributed by atoms with E-state index in [1.54, 1.807) is 40.2 Å². The Labute approximate surface area is 166 Å². The molecule has 1 amide bonds. The number of hydrogen-bond acceptors (Lipinski definition) is 4. The molecule has 8 heteroatoms. The first-order chi connectivity index (χ1) is 13.6. The largest absolute Gasteiger partial charge is 0.307 e. The van der Waals surface area contributed by atoms with Gasteiger partial charge < -0.3 is 5.32 Å². The minimum atomic E-state index is -0.212. The molecule has 2 aromatic carbocycles. The summed E-state index contributed by atoms with van der Waals surface area (Å²) < 4.78 is 3.51. The number of halogens is 1. The fourth-order valence-electron chi connectivity index (χ4n) is 2.85. The summed E-state index contributed by atoms with van der Waals surface area (Å²) >= 11 is 5.95. The topological polar surface area (TPSA) is 77.6 Å². The first-order valence-electron chi connectivity index (χ1n) is 8.63. The summed E-state index contributed by atoms with van der Waals surface area (Å²) in [7, 11) is 0. The molecule has 28 heavy (non-hydrogen) atoms. The number of carbonyl (C=O) groups excluding carboxylic acids is 1. The molecule has 0 aliphatic rings. The average Bonchev–Trinajstić information content (AvgIpc) is 3.36. The summed E-state index contributed by atoms with van der Waals surface area (Å²) in [5, 5.41) is 15.6. The fourth-order valence-corrected chi connectivity index (χ4v) is 2.97. The van der Waals surface area contributed by atoms with E-state index >= 15 is 0 Å². The number of amides is 1. The summed E-state index contributed by atoms with van der Waals surface area (Å²) in [6.45, 7) is 2.44. The second-order valence-electron chi connectivity index (χ2n) is 6.33. The maximum atomic E-state index is 12.8. The van der Waals surface area contributed by atoms with Crippen LogP contribution in [0.25, 0.3) is 5.69 Å². The highest BCUT2D eigenvalue weighted by Gasteiger charge is 2.14. The molecule has 7 nitrogen and oxygen atoms in total. The van der Waals surface area contributed by atoms with Gasteiger partial charge >= 0.3 is 0 Å². The highest BCUT2D eigenvalue weighted by molar-refractivity contribution is 6.30. The predicted molar refractivity (Wildman–Crippen MR) is 107 cm³/mol. The van der Waals surface area contributed by atoms with Gasteiger partial charge in [-0.1, -0.05) is 29.8 Å². The first-order valence-corrected chi connectivity index (χ1v) is 9.01. The molecule has 0 radical (unpaired) electrons. The zero-order valence-corrected chi connectivity index (χ0v) is 15.8. The lowest BCUT2D eigenvalue weighted by atomic mass is 10.2. The van der Waals surface area contributed by atoms with Gasteiger partial charge in [0, 0.05) is 21.8 Å². The molecule has 0 aliphatic heterocycles. The number of benzene rings is 2. The van der Waals surface area contributed by atoms with Gasteiger partial charge in [-0.25, -0.2) is 4.68 Å². The second kappa shape index (κ2) is 7.66. The van der Waals surface area contributed by atoms with Gasteiger partial charge in [0.25, 0.3) is 5.91 Å². The number of rotatable bonds is 5. The fraction of sp³-hybridized carbons (Fsp3) is 0.100. The molecule has 0 atom stereocenters. The van der Waals surface area contributed by atoms with Crippen LogP contribution in [0.15, 0.2) is 67.4 Å². The minimum Gasteiger partial charge on any atom is -0.307 e. The molecule has 0 spiro atoms. The van der Waals surface area contributed by atoms with Crippen molar-refractivity contribution in [1.82, 2.24) is 24.5 Å². The molecule has 4 rings (SSSR count). The first kappa shape index (κ1) is 17.9.